The quantitative estimate of drug-likeness (QED) is 0.316. The number of fused-ring (bicyclic) bond motifs is 1. The third-order valence-corrected chi connectivity index (χ3v) is 11.3. The Labute approximate surface area is 194 Å². The van der Waals surface area contributed by atoms with Crippen LogP contribution in [0.1, 0.15) is 51.9 Å². The first-order valence-electron chi connectivity index (χ1n) is 12.2. The van der Waals surface area contributed by atoms with Crippen LogP contribution in [0.3, 0.4) is 0 Å². The van der Waals surface area contributed by atoms with Crippen LogP contribution < -0.4 is 0 Å². The highest BCUT2D eigenvalue weighted by Gasteiger charge is 2.62. The number of allylic oxidation sites excluding steroid dienone is 3. The lowest BCUT2D eigenvalue weighted by atomic mass is 9.50. The first kappa shape index (κ1) is 21.5. The Bertz CT molecular complexity index is 783. The molecule has 0 radical (unpaired) electrons. The van der Waals surface area contributed by atoms with E-state index in [0.717, 1.165) is 25.2 Å². The minimum absolute atomic E-state index is 0.00332. The molecule has 7 atom stereocenters. The van der Waals surface area contributed by atoms with E-state index < -0.39 is 5.79 Å². The number of ether oxygens (including phenoxy) is 4. The summed E-state index contributed by atoms with van der Waals surface area (Å²) in [5, 5.41) is 0. The maximum atomic E-state index is 6.54. The second-order valence-corrected chi connectivity index (χ2v) is 13.2. The van der Waals surface area contributed by atoms with Crippen molar-refractivity contribution in [2.45, 2.75) is 69.9 Å². The van der Waals surface area contributed by atoms with Crippen molar-refractivity contribution in [3.8, 4) is 0 Å². The standard InChI is InChI=1S/C25H36O4S2/c1-23-8-7-20-18-4-3-17-15-25(28-12-10-26-21(23)6-5-19(18)23)22(27-11-13-29-25)16-24(17,20)9-14-31-30-2/h3,7,18-19,21-22H,4-6,8-16H2,1-2H3/t18-,19+,21?,22?,23-,24-,25?/m0/s1. The molecule has 4 nitrogen and oxygen atoms in total. The van der Waals surface area contributed by atoms with Gasteiger partial charge >= 0.3 is 0 Å². The lowest BCUT2D eigenvalue weighted by Gasteiger charge is -2.58. The predicted molar refractivity (Wildman–Crippen MR) is 126 cm³/mol. The van der Waals surface area contributed by atoms with Gasteiger partial charge in [0.2, 0.25) is 0 Å². The molecule has 0 N–H and O–H groups in total. The van der Waals surface area contributed by atoms with E-state index in [1.807, 2.05) is 21.6 Å². The maximum Gasteiger partial charge on any atom is 0.198 e. The fraction of sp³-hybridized carbons (Fsp3) is 0.840. The van der Waals surface area contributed by atoms with Crippen molar-refractivity contribution < 1.29 is 18.9 Å². The Kier molecular flexibility index (Phi) is 5.60. The van der Waals surface area contributed by atoms with Crippen LogP contribution in [-0.2, 0) is 18.9 Å². The minimum atomic E-state index is -0.633. The molecule has 4 aliphatic carbocycles. The predicted octanol–water partition coefficient (Wildman–Crippen LogP) is 5.39. The highest BCUT2D eigenvalue weighted by atomic mass is 33.1. The van der Waals surface area contributed by atoms with Crippen LogP contribution in [0.5, 0.6) is 0 Å². The van der Waals surface area contributed by atoms with Crippen LogP contribution in [0.25, 0.3) is 0 Å². The molecular weight excluding hydrogens is 428 g/mol. The molecule has 2 saturated heterocycles. The fourth-order valence-electron chi connectivity index (χ4n) is 8.01. The van der Waals surface area contributed by atoms with Gasteiger partial charge in [0.05, 0.1) is 32.5 Å². The number of rotatable bonds is 4. The van der Waals surface area contributed by atoms with Gasteiger partial charge in [0.25, 0.3) is 0 Å². The molecular formula is C25H36O4S2. The van der Waals surface area contributed by atoms with Gasteiger partial charge in [0.15, 0.2) is 5.79 Å². The summed E-state index contributed by atoms with van der Waals surface area (Å²) in [6.07, 6.45) is 15.7. The molecule has 172 valence electrons. The monoisotopic (exact) mass is 464 g/mol. The van der Waals surface area contributed by atoms with E-state index in [1.165, 1.54) is 31.4 Å². The van der Waals surface area contributed by atoms with Crippen molar-refractivity contribution in [2.75, 3.05) is 38.4 Å². The van der Waals surface area contributed by atoms with Gasteiger partial charge in [0, 0.05) is 23.0 Å². The molecule has 3 unspecified atom stereocenters. The average Bonchev–Trinajstić information content (AvgIpc) is 3.12. The molecule has 8 bridgehead atoms. The molecule has 5 heterocycles. The second kappa shape index (κ2) is 8.06. The Balaban J connectivity index is 1.47. The zero-order valence-electron chi connectivity index (χ0n) is 18.9. The van der Waals surface area contributed by atoms with Gasteiger partial charge in [-0.15, -0.1) is 0 Å². The molecule has 6 heteroatoms. The van der Waals surface area contributed by atoms with E-state index in [4.69, 9.17) is 18.9 Å². The third kappa shape index (κ3) is 3.19. The van der Waals surface area contributed by atoms with Crippen LogP contribution in [0.15, 0.2) is 23.3 Å². The zero-order chi connectivity index (χ0) is 21.1. The Morgan fingerprint density at radius 3 is 2.65 bits per heavy atom. The van der Waals surface area contributed by atoms with E-state index >= 15 is 0 Å². The summed E-state index contributed by atoms with van der Waals surface area (Å²) in [5.74, 6) is 1.94. The van der Waals surface area contributed by atoms with Crippen molar-refractivity contribution in [3.63, 3.8) is 0 Å². The van der Waals surface area contributed by atoms with Gasteiger partial charge in [-0.3, -0.25) is 0 Å². The Hall–Kier alpha value is 0.0200. The fourth-order valence-corrected chi connectivity index (χ4v) is 9.36. The molecule has 0 aromatic rings. The second-order valence-electron chi connectivity index (χ2n) is 10.6. The van der Waals surface area contributed by atoms with Crippen molar-refractivity contribution in [3.05, 3.63) is 23.3 Å². The molecule has 9 aliphatic rings. The van der Waals surface area contributed by atoms with Gasteiger partial charge in [-0.25, -0.2) is 0 Å². The van der Waals surface area contributed by atoms with Crippen molar-refractivity contribution >= 4 is 21.6 Å². The normalized spacial score (nSPS) is 48.5. The first-order chi connectivity index (χ1) is 15.1. The van der Waals surface area contributed by atoms with Crippen molar-refractivity contribution in [2.24, 2.45) is 22.7 Å². The van der Waals surface area contributed by atoms with Crippen molar-refractivity contribution in [1.82, 2.24) is 0 Å². The Morgan fingerprint density at radius 2 is 1.84 bits per heavy atom. The topological polar surface area (TPSA) is 36.9 Å². The lowest BCUT2D eigenvalue weighted by Crippen LogP contribution is -2.60. The third-order valence-electron chi connectivity index (χ3n) is 9.44. The highest BCUT2D eigenvalue weighted by Crippen LogP contribution is 2.66. The summed E-state index contributed by atoms with van der Waals surface area (Å²) in [5.41, 5.74) is 3.69. The molecule has 1 spiro atoms. The average molecular weight is 465 g/mol. The molecule has 0 amide bonds. The molecule has 0 aromatic heterocycles. The summed E-state index contributed by atoms with van der Waals surface area (Å²) in [6, 6.07) is 0. The lowest BCUT2D eigenvalue weighted by molar-refractivity contribution is -0.338. The summed E-state index contributed by atoms with van der Waals surface area (Å²) in [7, 11) is 3.89. The largest absolute Gasteiger partial charge is 0.375 e. The van der Waals surface area contributed by atoms with Gasteiger partial charge < -0.3 is 18.9 Å². The Morgan fingerprint density at radius 1 is 1.03 bits per heavy atom. The molecule has 4 fully saturated rings. The zero-order valence-corrected chi connectivity index (χ0v) is 20.5. The van der Waals surface area contributed by atoms with Crippen LogP contribution in [0, 0.1) is 22.7 Å². The van der Waals surface area contributed by atoms with Gasteiger partial charge in [0.1, 0.15) is 6.10 Å². The van der Waals surface area contributed by atoms with Crippen LogP contribution in [0.2, 0.25) is 0 Å². The van der Waals surface area contributed by atoms with Crippen molar-refractivity contribution in [1.29, 1.82) is 0 Å². The molecule has 9 rings (SSSR count). The molecule has 31 heavy (non-hydrogen) atoms. The summed E-state index contributed by atoms with van der Waals surface area (Å²) in [4.78, 5) is 0. The highest BCUT2D eigenvalue weighted by molar-refractivity contribution is 8.76. The molecule has 0 aromatic carbocycles. The van der Waals surface area contributed by atoms with E-state index in [0.29, 0.717) is 38.4 Å². The molecule has 5 aliphatic heterocycles. The van der Waals surface area contributed by atoms with E-state index in [1.54, 1.807) is 11.1 Å². The van der Waals surface area contributed by atoms with E-state index in [9.17, 15) is 0 Å². The minimum Gasteiger partial charge on any atom is -0.375 e. The SMILES string of the molecule is CSSCC[C@]12CC3OCCOC34CC1=CC[C@@H]1C2=CC[C@]2(C)C(CC[C@H]12)OCCO4. The number of hydrogen-bond acceptors (Lipinski definition) is 6. The first-order valence-corrected chi connectivity index (χ1v) is 14.9. The van der Waals surface area contributed by atoms with E-state index in [-0.39, 0.29) is 16.9 Å². The summed E-state index contributed by atoms with van der Waals surface area (Å²) in [6.45, 7) is 5.03. The van der Waals surface area contributed by atoms with Crippen LogP contribution in [-0.4, -0.2) is 56.4 Å². The smallest absolute Gasteiger partial charge is 0.198 e. The summed E-state index contributed by atoms with van der Waals surface area (Å²) >= 11 is 0. The molecule has 2 saturated carbocycles. The van der Waals surface area contributed by atoms with Crippen LogP contribution >= 0.6 is 21.6 Å². The van der Waals surface area contributed by atoms with E-state index in [2.05, 4.69) is 25.3 Å². The van der Waals surface area contributed by atoms with Gasteiger partial charge in [-0.2, -0.15) is 0 Å². The van der Waals surface area contributed by atoms with Gasteiger partial charge in [-0.1, -0.05) is 51.8 Å². The van der Waals surface area contributed by atoms with Crippen LogP contribution in [0.4, 0.5) is 0 Å². The number of hydrogen-bond donors (Lipinski definition) is 0. The summed E-state index contributed by atoms with van der Waals surface area (Å²) < 4.78 is 25.9. The van der Waals surface area contributed by atoms with Gasteiger partial charge in [-0.05, 0) is 56.6 Å². The maximum absolute atomic E-state index is 6.54.